The SMILES string of the molecule is Cc1nn(-c2ccccc2)c(C)c1NC(=O)CN1CCN(c2cccc([N+](=O)[O-])c2)CC1. The fourth-order valence-electron chi connectivity index (χ4n) is 3.99. The van der Waals surface area contributed by atoms with Gasteiger partial charge in [0.1, 0.15) is 0 Å². The summed E-state index contributed by atoms with van der Waals surface area (Å²) in [6.45, 7) is 6.95. The lowest BCUT2D eigenvalue weighted by Crippen LogP contribution is -2.48. The fourth-order valence-corrected chi connectivity index (χ4v) is 3.99. The highest BCUT2D eigenvalue weighted by Gasteiger charge is 2.22. The second-order valence-corrected chi connectivity index (χ2v) is 7.88. The van der Waals surface area contributed by atoms with E-state index >= 15 is 0 Å². The summed E-state index contributed by atoms with van der Waals surface area (Å²) in [4.78, 5) is 27.6. The number of hydrogen-bond donors (Lipinski definition) is 1. The Kier molecular flexibility index (Phi) is 6.18. The third kappa shape index (κ3) is 4.62. The van der Waals surface area contributed by atoms with E-state index in [9.17, 15) is 14.9 Å². The van der Waals surface area contributed by atoms with E-state index in [1.165, 1.54) is 6.07 Å². The van der Waals surface area contributed by atoms with Gasteiger partial charge >= 0.3 is 0 Å². The summed E-state index contributed by atoms with van der Waals surface area (Å²) in [5.41, 5.74) is 4.28. The number of nitrogens with zero attached hydrogens (tertiary/aromatic N) is 5. The number of aryl methyl sites for hydroxylation is 1. The van der Waals surface area contributed by atoms with E-state index in [0.717, 1.165) is 28.5 Å². The number of nitro benzene ring substituents is 1. The maximum absolute atomic E-state index is 12.7. The monoisotopic (exact) mass is 434 g/mol. The van der Waals surface area contributed by atoms with E-state index < -0.39 is 0 Å². The van der Waals surface area contributed by atoms with Gasteiger partial charge in [0.15, 0.2) is 0 Å². The van der Waals surface area contributed by atoms with E-state index in [1.807, 2.05) is 54.9 Å². The van der Waals surface area contributed by atoms with Crippen molar-refractivity contribution >= 4 is 23.0 Å². The first-order chi connectivity index (χ1) is 15.4. The number of amides is 1. The van der Waals surface area contributed by atoms with Crippen molar-refractivity contribution in [2.75, 3.05) is 42.9 Å². The number of nitrogens with one attached hydrogen (secondary N) is 1. The maximum Gasteiger partial charge on any atom is 0.271 e. The average molecular weight is 435 g/mol. The van der Waals surface area contributed by atoms with E-state index in [-0.39, 0.29) is 23.1 Å². The summed E-state index contributed by atoms with van der Waals surface area (Å²) in [5.74, 6) is -0.0763. The van der Waals surface area contributed by atoms with Gasteiger partial charge in [0.2, 0.25) is 5.91 Å². The fraction of sp³-hybridized carbons (Fsp3) is 0.304. The zero-order chi connectivity index (χ0) is 22.7. The maximum atomic E-state index is 12.7. The molecule has 0 radical (unpaired) electrons. The Morgan fingerprint density at radius 3 is 2.41 bits per heavy atom. The Bertz CT molecular complexity index is 1120. The number of carbonyl (C=O) groups excluding carboxylic acids is 1. The zero-order valence-corrected chi connectivity index (χ0v) is 18.2. The van der Waals surface area contributed by atoms with Crippen LogP contribution in [-0.4, -0.2) is 58.2 Å². The van der Waals surface area contributed by atoms with Crippen LogP contribution in [0.25, 0.3) is 5.69 Å². The van der Waals surface area contributed by atoms with Gasteiger partial charge < -0.3 is 10.2 Å². The van der Waals surface area contributed by atoms with Gasteiger partial charge in [-0.05, 0) is 32.0 Å². The van der Waals surface area contributed by atoms with Crippen LogP contribution in [0.2, 0.25) is 0 Å². The highest BCUT2D eigenvalue weighted by Crippen LogP contribution is 2.24. The second-order valence-electron chi connectivity index (χ2n) is 7.88. The molecular formula is C23H26N6O3. The first-order valence-electron chi connectivity index (χ1n) is 10.6. The lowest BCUT2D eigenvalue weighted by Gasteiger charge is -2.35. The molecule has 1 aliphatic heterocycles. The molecule has 1 aliphatic rings. The number of para-hydroxylation sites is 1. The molecule has 4 rings (SSSR count). The predicted molar refractivity (Wildman–Crippen MR) is 123 cm³/mol. The highest BCUT2D eigenvalue weighted by atomic mass is 16.6. The molecule has 3 aromatic rings. The lowest BCUT2D eigenvalue weighted by atomic mass is 10.2. The molecule has 1 amide bonds. The number of aromatic nitrogens is 2. The smallest absolute Gasteiger partial charge is 0.271 e. The van der Waals surface area contributed by atoms with E-state index in [4.69, 9.17) is 0 Å². The number of nitro groups is 1. The lowest BCUT2D eigenvalue weighted by molar-refractivity contribution is -0.384. The van der Waals surface area contributed by atoms with Crippen LogP contribution < -0.4 is 10.2 Å². The van der Waals surface area contributed by atoms with E-state index in [2.05, 4.69) is 20.2 Å². The minimum Gasteiger partial charge on any atom is -0.369 e. The summed E-state index contributed by atoms with van der Waals surface area (Å²) >= 11 is 0. The van der Waals surface area contributed by atoms with Gasteiger partial charge in [0.05, 0.1) is 34.2 Å². The van der Waals surface area contributed by atoms with Crippen molar-refractivity contribution in [3.63, 3.8) is 0 Å². The number of benzene rings is 2. The number of rotatable bonds is 6. The summed E-state index contributed by atoms with van der Waals surface area (Å²) in [6.07, 6.45) is 0. The Labute approximate surface area is 186 Å². The Morgan fingerprint density at radius 1 is 1.03 bits per heavy atom. The molecule has 0 atom stereocenters. The molecule has 32 heavy (non-hydrogen) atoms. The summed E-state index contributed by atoms with van der Waals surface area (Å²) < 4.78 is 1.84. The van der Waals surface area contributed by atoms with Crippen LogP contribution in [0.1, 0.15) is 11.4 Å². The molecule has 1 aromatic heterocycles. The Balaban J connectivity index is 1.35. The molecule has 0 bridgehead atoms. The third-order valence-electron chi connectivity index (χ3n) is 5.70. The minimum absolute atomic E-state index is 0.0763. The predicted octanol–water partition coefficient (Wildman–Crippen LogP) is 3.16. The molecule has 2 heterocycles. The highest BCUT2D eigenvalue weighted by molar-refractivity contribution is 5.93. The van der Waals surface area contributed by atoms with Gasteiger partial charge in [0.25, 0.3) is 5.69 Å². The summed E-state index contributed by atoms with van der Waals surface area (Å²) in [5, 5.41) is 18.6. The van der Waals surface area contributed by atoms with Crippen LogP contribution in [-0.2, 0) is 4.79 Å². The molecule has 1 fully saturated rings. The van der Waals surface area contributed by atoms with E-state index in [1.54, 1.807) is 12.1 Å². The van der Waals surface area contributed by atoms with Crippen LogP contribution in [0, 0.1) is 24.0 Å². The Morgan fingerprint density at radius 2 is 1.72 bits per heavy atom. The molecule has 1 saturated heterocycles. The van der Waals surface area contributed by atoms with Gasteiger partial charge in [0, 0.05) is 44.0 Å². The molecule has 2 aromatic carbocycles. The van der Waals surface area contributed by atoms with Crippen molar-refractivity contribution in [2.24, 2.45) is 0 Å². The van der Waals surface area contributed by atoms with Crippen LogP contribution in [0.3, 0.4) is 0 Å². The standard InChI is InChI=1S/C23H26N6O3/c1-17-23(18(2)28(25-17)19-7-4-3-5-8-19)24-22(30)16-26-11-13-27(14-12-26)20-9-6-10-21(15-20)29(31)32/h3-10,15H,11-14,16H2,1-2H3,(H,24,30). The van der Waals surface area contributed by atoms with Crippen LogP contribution >= 0.6 is 0 Å². The second kappa shape index (κ2) is 9.19. The first-order valence-corrected chi connectivity index (χ1v) is 10.6. The van der Waals surface area contributed by atoms with Crippen LogP contribution in [0.4, 0.5) is 17.1 Å². The molecular weight excluding hydrogens is 408 g/mol. The molecule has 1 N–H and O–H groups in total. The first kappa shape index (κ1) is 21.5. The number of carbonyl (C=O) groups is 1. The van der Waals surface area contributed by atoms with Crippen molar-refractivity contribution < 1.29 is 9.72 Å². The number of piperazine rings is 1. The van der Waals surface area contributed by atoms with Gasteiger partial charge in [-0.25, -0.2) is 4.68 Å². The van der Waals surface area contributed by atoms with E-state index in [0.29, 0.717) is 26.2 Å². The minimum atomic E-state index is -0.381. The number of non-ortho nitro benzene ring substituents is 1. The summed E-state index contributed by atoms with van der Waals surface area (Å²) in [6, 6.07) is 16.5. The molecule has 0 unspecified atom stereocenters. The topological polar surface area (TPSA) is 96.5 Å². The third-order valence-corrected chi connectivity index (χ3v) is 5.70. The van der Waals surface area contributed by atoms with Gasteiger partial charge in [-0.2, -0.15) is 5.10 Å². The molecule has 0 saturated carbocycles. The molecule has 0 aliphatic carbocycles. The Hall–Kier alpha value is -3.72. The van der Waals surface area contributed by atoms with Crippen LogP contribution in [0.15, 0.2) is 54.6 Å². The van der Waals surface area contributed by atoms with Crippen molar-refractivity contribution in [3.8, 4) is 5.69 Å². The van der Waals surface area contributed by atoms with Gasteiger partial charge in [-0.1, -0.05) is 24.3 Å². The number of anilines is 2. The number of hydrogen-bond acceptors (Lipinski definition) is 6. The molecule has 9 heteroatoms. The average Bonchev–Trinajstić information content (AvgIpc) is 3.08. The molecule has 0 spiro atoms. The zero-order valence-electron chi connectivity index (χ0n) is 18.2. The van der Waals surface area contributed by atoms with Crippen molar-refractivity contribution in [1.29, 1.82) is 0 Å². The normalized spacial score (nSPS) is 14.4. The van der Waals surface area contributed by atoms with Crippen molar-refractivity contribution in [2.45, 2.75) is 13.8 Å². The summed E-state index contributed by atoms with van der Waals surface area (Å²) in [7, 11) is 0. The molecule has 9 nitrogen and oxygen atoms in total. The van der Waals surface area contributed by atoms with Crippen molar-refractivity contribution in [1.82, 2.24) is 14.7 Å². The van der Waals surface area contributed by atoms with Gasteiger partial charge in [-0.15, -0.1) is 0 Å². The van der Waals surface area contributed by atoms with Crippen LogP contribution in [0.5, 0.6) is 0 Å². The largest absolute Gasteiger partial charge is 0.369 e. The van der Waals surface area contributed by atoms with Crippen molar-refractivity contribution in [3.05, 3.63) is 76.1 Å². The quantitative estimate of drug-likeness (QED) is 0.473. The van der Waals surface area contributed by atoms with Gasteiger partial charge in [-0.3, -0.25) is 19.8 Å². The molecule has 166 valence electrons.